The molecule has 0 fully saturated rings. The molecule has 0 spiro atoms. The van der Waals surface area contributed by atoms with Gasteiger partial charge in [-0.1, -0.05) is 0 Å². The molecule has 5 nitrogen and oxygen atoms in total. The lowest BCUT2D eigenvalue weighted by Gasteiger charge is -2.01. The third-order valence-corrected chi connectivity index (χ3v) is 3.37. The molecule has 10 heteroatoms. The number of aryl methyl sites for hydroxylation is 2. The summed E-state index contributed by atoms with van der Waals surface area (Å²) in [5, 5.41) is 8.47. The van der Waals surface area contributed by atoms with E-state index in [-0.39, 0.29) is 18.6 Å². The van der Waals surface area contributed by atoms with E-state index in [1.54, 1.807) is 0 Å². The lowest BCUT2D eigenvalue weighted by molar-refractivity contribution is -0.677. The van der Waals surface area contributed by atoms with Gasteiger partial charge in [0.05, 0.1) is 20.0 Å². The molecule has 0 saturated carbocycles. The first kappa shape index (κ1) is 22.1. The molecule has 0 aliphatic rings. The number of unbranched alkanes of at least 4 members (excludes halogenated alkanes) is 2. The average molecular weight is 354 g/mol. The zero-order chi connectivity index (χ0) is 18.8. The first-order valence-electron chi connectivity index (χ1n) is 7.63. The number of carbonyl (C=O) groups is 2. The number of hydrogen-bond donors (Lipinski definition) is 1. The van der Waals surface area contributed by atoms with Gasteiger partial charge in [-0.3, -0.25) is 9.59 Å². The largest absolute Gasteiger partial charge is 0.673 e. The number of hydrogen-bond acceptors (Lipinski definition) is 2. The van der Waals surface area contributed by atoms with Gasteiger partial charge < -0.3 is 22.4 Å². The van der Waals surface area contributed by atoms with Crippen molar-refractivity contribution in [2.24, 2.45) is 7.05 Å². The van der Waals surface area contributed by atoms with Crippen LogP contribution in [0.4, 0.5) is 17.3 Å². The molecule has 1 aromatic heterocycles. The van der Waals surface area contributed by atoms with Gasteiger partial charge in [-0.05, 0) is 19.3 Å². The monoisotopic (exact) mass is 354 g/mol. The van der Waals surface area contributed by atoms with Crippen molar-refractivity contribution in [3.05, 3.63) is 18.2 Å². The van der Waals surface area contributed by atoms with Crippen LogP contribution in [0.3, 0.4) is 0 Å². The van der Waals surface area contributed by atoms with Crippen LogP contribution in [0.2, 0.25) is 0 Å². The number of imidazole rings is 1. The lowest BCUT2D eigenvalue weighted by atomic mass is 10.1. The van der Waals surface area contributed by atoms with E-state index in [1.807, 2.05) is 13.2 Å². The molecule has 24 heavy (non-hydrogen) atoms. The molecule has 0 amide bonds. The molecule has 0 atom stereocenters. The number of carboxylic acid groups (broad SMARTS) is 1. The highest BCUT2D eigenvalue weighted by atomic mass is 19.5. The second kappa shape index (κ2) is 10.8. The Hall–Kier alpha value is -1.87. The Morgan fingerprint density at radius 1 is 1.12 bits per heavy atom. The van der Waals surface area contributed by atoms with Crippen LogP contribution in [0.25, 0.3) is 0 Å². The predicted molar refractivity (Wildman–Crippen MR) is 80.9 cm³/mol. The Bertz CT molecular complexity index is 527. The van der Waals surface area contributed by atoms with Gasteiger partial charge in [0.1, 0.15) is 18.2 Å². The molecule has 1 heterocycles. The summed E-state index contributed by atoms with van der Waals surface area (Å²) in [5.74, 6) is 0.382. The van der Waals surface area contributed by atoms with Crippen LogP contribution in [0.1, 0.15) is 44.3 Å². The second-order valence-corrected chi connectivity index (χ2v) is 5.39. The zero-order valence-electron chi connectivity index (χ0n) is 13.9. The third kappa shape index (κ3) is 12.7. The van der Waals surface area contributed by atoms with E-state index < -0.39 is 13.2 Å². The molecule has 0 saturated heterocycles. The molecular formula is C14H23BF4N2O3. The first-order chi connectivity index (χ1) is 11.0. The number of aromatic nitrogens is 2. The molecule has 1 aromatic rings. The maximum atomic E-state index is 11.4. The van der Waals surface area contributed by atoms with Crippen LogP contribution in [0.5, 0.6) is 0 Å². The van der Waals surface area contributed by atoms with Crippen molar-refractivity contribution in [3.8, 4) is 0 Å². The number of aliphatic carboxylic acids is 1. The summed E-state index contributed by atoms with van der Waals surface area (Å²) in [4.78, 5) is 21.7. The smallest absolute Gasteiger partial charge is 0.481 e. The highest BCUT2D eigenvalue weighted by Gasteiger charge is 2.20. The second-order valence-electron chi connectivity index (χ2n) is 5.39. The van der Waals surface area contributed by atoms with E-state index in [4.69, 9.17) is 5.11 Å². The van der Waals surface area contributed by atoms with Crippen LogP contribution >= 0.6 is 0 Å². The van der Waals surface area contributed by atoms with Gasteiger partial charge >= 0.3 is 13.2 Å². The Labute approximate surface area is 138 Å². The fourth-order valence-electron chi connectivity index (χ4n) is 1.99. The number of carbonyl (C=O) groups excluding carboxylic acids is 1. The molecular weight excluding hydrogens is 331 g/mol. The maximum absolute atomic E-state index is 11.4. The quantitative estimate of drug-likeness (QED) is 0.321. The summed E-state index contributed by atoms with van der Waals surface area (Å²) in [6, 6.07) is 0. The summed E-state index contributed by atoms with van der Waals surface area (Å²) >= 11 is 0. The van der Waals surface area contributed by atoms with Crippen molar-refractivity contribution < 1.29 is 36.5 Å². The van der Waals surface area contributed by atoms with Crippen molar-refractivity contribution in [1.82, 2.24) is 4.57 Å². The van der Waals surface area contributed by atoms with Crippen molar-refractivity contribution in [3.63, 3.8) is 0 Å². The van der Waals surface area contributed by atoms with E-state index in [0.717, 1.165) is 25.8 Å². The van der Waals surface area contributed by atoms with E-state index in [0.29, 0.717) is 6.42 Å². The van der Waals surface area contributed by atoms with Crippen molar-refractivity contribution in [2.75, 3.05) is 0 Å². The van der Waals surface area contributed by atoms with Gasteiger partial charge in [0.2, 0.25) is 0 Å². The summed E-state index contributed by atoms with van der Waals surface area (Å²) in [7, 11) is -3.98. The molecule has 0 unspecified atom stereocenters. The van der Waals surface area contributed by atoms with Gasteiger partial charge in [0, 0.05) is 19.8 Å². The Balaban J connectivity index is 0.000000922. The maximum Gasteiger partial charge on any atom is 0.673 e. The molecule has 0 aliphatic carbocycles. The Morgan fingerprint density at radius 2 is 1.71 bits per heavy atom. The number of Topliss-reactive ketones (excluding diaryl/α,β-unsaturated/α-hetero) is 1. The normalized spacial score (nSPS) is 10.9. The van der Waals surface area contributed by atoms with Crippen LogP contribution in [0.15, 0.2) is 12.4 Å². The number of carboxylic acids is 1. The molecule has 138 valence electrons. The number of nitrogens with zero attached hydrogens (tertiary/aromatic N) is 2. The minimum Gasteiger partial charge on any atom is -0.481 e. The third-order valence-electron chi connectivity index (χ3n) is 3.37. The van der Waals surface area contributed by atoms with Gasteiger partial charge in [0.25, 0.3) is 5.82 Å². The minimum atomic E-state index is -6.00. The summed E-state index contributed by atoms with van der Waals surface area (Å²) in [6.07, 6.45) is 7.62. The van der Waals surface area contributed by atoms with Crippen LogP contribution in [0, 0.1) is 6.92 Å². The van der Waals surface area contributed by atoms with Gasteiger partial charge in [0.15, 0.2) is 0 Å². The van der Waals surface area contributed by atoms with Gasteiger partial charge in [-0.15, -0.1) is 0 Å². The van der Waals surface area contributed by atoms with Crippen LogP contribution < -0.4 is 4.57 Å². The molecule has 1 rings (SSSR count). The van der Waals surface area contributed by atoms with Crippen LogP contribution in [-0.2, 0) is 23.2 Å². The number of rotatable bonds is 9. The van der Waals surface area contributed by atoms with Crippen molar-refractivity contribution >= 4 is 19.0 Å². The highest BCUT2D eigenvalue weighted by Crippen LogP contribution is 2.07. The topological polar surface area (TPSA) is 63.2 Å². The van der Waals surface area contributed by atoms with E-state index in [9.17, 15) is 26.9 Å². The van der Waals surface area contributed by atoms with Crippen molar-refractivity contribution in [2.45, 2.75) is 52.0 Å². The SMILES string of the molecule is Cc1n(CCCCCC(=O)CCC(=O)O)cc[n+]1C.F[B-](F)(F)F. The number of halogens is 4. The summed E-state index contributed by atoms with van der Waals surface area (Å²) < 4.78 is 43.3. The standard InChI is InChI=1S/C14H22N2O3.BF4/c1-12-15(2)10-11-16(12)9-5-3-4-6-13(17)7-8-14(18)19;2-1(3,4)5/h10-11H,3-9H2,1-2H3;/q;-1/p+1. The molecule has 0 radical (unpaired) electrons. The predicted octanol–water partition coefficient (Wildman–Crippen LogP) is 2.92. The van der Waals surface area contributed by atoms with Crippen LogP contribution in [-0.4, -0.2) is 28.7 Å². The van der Waals surface area contributed by atoms with E-state index in [1.165, 1.54) is 5.82 Å². The summed E-state index contributed by atoms with van der Waals surface area (Å²) in [5.41, 5.74) is 0. The molecule has 1 N–H and O–H groups in total. The van der Waals surface area contributed by atoms with E-state index in [2.05, 4.69) is 22.3 Å². The highest BCUT2D eigenvalue weighted by molar-refractivity contribution is 6.50. The first-order valence-corrected chi connectivity index (χ1v) is 7.63. The zero-order valence-corrected chi connectivity index (χ0v) is 13.9. The Kier molecular flexibility index (Phi) is 9.98. The van der Waals surface area contributed by atoms with E-state index >= 15 is 0 Å². The fourth-order valence-corrected chi connectivity index (χ4v) is 1.99. The Morgan fingerprint density at radius 3 is 2.17 bits per heavy atom. The van der Waals surface area contributed by atoms with Gasteiger partial charge in [-0.2, -0.15) is 0 Å². The fraction of sp³-hybridized carbons (Fsp3) is 0.643. The molecule has 0 aliphatic heterocycles. The number of ketones is 1. The van der Waals surface area contributed by atoms with Crippen molar-refractivity contribution in [1.29, 1.82) is 0 Å². The summed E-state index contributed by atoms with van der Waals surface area (Å²) in [6.45, 7) is 3.05. The lowest BCUT2D eigenvalue weighted by Crippen LogP contribution is -2.29. The minimum absolute atomic E-state index is 0.0438. The molecule has 0 aromatic carbocycles. The average Bonchev–Trinajstić information content (AvgIpc) is 2.75. The van der Waals surface area contributed by atoms with Gasteiger partial charge in [-0.25, -0.2) is 9.13 Å². The molecule has 0 bridgehead atoms.